The van der Waals surface area contributed by atoms with E-state index in [1.807, 2.05) is 6.20 Å². The number of nitrogens with zero attached hydrogens (tertiary/aromatic N) is 3. The van der Waals surface area contributed by atoms with Crippen LogP contribution in [0.5, 0.6) is 0 Å². The number of unbranched alkanes of at least 4 members (excludes halogenated alkanes) is 1. The lowest BCUT2D eigenvalue weighted by atomic mass is 10.1. The van der Waals surface area contributed by atoms with Gasteiger partial charge in [-0.2, -0.15) is 0 Å². The maximum atomic E-state index is 4.71. The maximum absolute atomic E-state index is 4.71. The van der Waals surface area contributed by atoms with Gasteiger partial charge in [0, 0.05) is 25.7 Å². The normalized spacial score (nSPS) is 15.9. The van der Waals surface area contributed by atoms with Crippen LogP contribution in [0.25, 0.3) is 0 Å². The first-order valence-electron chi connectivity index (χ1n) is 6.89. The molecule has 0 amide bonds. The van der Waals surface area contributed by atoms with Crippen molar-refractivity contribution in [1.29, 1.82) is 0 Å². The lowest BCUT2D eigenvalue weighted by Crippen LogP contribution is -2.32. The molecule has 0 fully saturated rings. The van der Waals surface area contributed by atoms with Gasteiger partial charge in [0.15, 0.2) is 0 Å². The quantitative estimate of drug-likeness (QED) is 0.782. The summed E-state index contributed by atoms with van der Waals surface area (Å²) in [6, 6.07) is 0. The first kappa shape index (κ1) is 12.5. The topological polar surface area (TPSA) is 29.0 Å². The van der Waals surface area contributed by atoms with Crippen LogP contribution in [0.15, 0.2) is 6.20 Å². The Morgan fingerprint density at radius 3 is 2.94 bits per heavy atom. The summed E-state index contributed by atoms with van der Waals surface area (Å²) in [6.45, 7) is 7.83. The van der Waals surface area contributed by atoms with Crippen molar-refractivity contribution in [2.24, 2.45) is 0 Å². The van der Waals surface area contributed by atoms with Crippen LogP contribution in [0, 0.1) is 0 Å². The van der Waals surface area contributed by atoms with Crippen molar-refractivity contribution in [3.8, 4) is 0 Å². The third-order valence-corrected chi connectivity index (χ3v) is 3.38. The van der Waals surface area contributed by atoms with E-state index in [-0.39, 0.29) is 0 Å². The molecule has 0 radical (unpaired) electrons. The molecule has 3 heteroatoms. The zero-order valence-electron chi connectivity index (χ0n) is 11.1. The minimum atomic E-state index is 1.00. The fourth-order valence-electron chi connectivity index (χ4n) is 2.32. The molecule has 0 saturated carbocycles. The summed E-state index contributed by atoms with van der Waals surface area (Å²) in [5.41, 5.74) is 2.63. The lowest BCUT2D eigenvalue weighted by molar-refractivity contribution is 0.245. The standard InChI is InChI=1S/C14H23N3/c1-3-5-8-17-9-7-12-10-15-14(6-4-2)16-13(12)11-17/h10H,3-9,11H2,1-2H3. The molecule has 0 N–H and O–H groups in total. The van der Waals surface area contributed by atoms with Crippen molar-refractivity contribution < 1.29 is 0 Å². The lowest BCUT2D eigenvalue weighted by Gasteiger charge is -2.27. The first-order valence-corrected chi connectivity index (χ1v) is 6.89. The number of aromatic nitrogens is 2. The number of hydrogen-bond donors (Lipinski definition) is 0. The molecule has 2 rings (SSSR count). The van der Waals surface area contributed by atoms with E-state index in [1.165, 1.54) is 37.2 Å². The third-order valence-electron chi connectivity index (χ3n) is 3.38. The van der Waals surface area contributed by atoms with Gasteiger partial charge < -0.3 is 0 Å². The summed E-state index contributed by atoms with van der Waals surface area (Å²) in [6.07, 6.45) is 7.85. The van der Waals surface area contributed by atoms with Gasteiger partial charge >= 0.3 is 0 Å². The van der Waals surface area contributed by atoms with Crippen molar-refractivity contribution in [2.45, 2.75) is 52.5 Å². The van der Waals surface area contributed by atoms with Gasteiger partial charge in [0.25, 0.3) is 0 Å². The Morgan fingerprint density at radius 1 is 1.29 bits per heavy atom. The van der Waals surface area contributed by atoms with Crippen LogP contribution in [0.3, 0.4) is 0 Å². The van der Waals surface area contributed by atoms with Crippen LogP contribution in [-0.4, -0.2) is 28.0 Å². The fourth-order valence-corrected chi connectivity index (χ4v) is 2.32. The molecule has 0 atom stereocenters. The van der Waals surface area contributed by atoms with Crippen molar-refractivity contribution in [2.75, 3.05) is 13.1 Å². The zero-order chi connectivity index (χ0) is 12.1. The Hall–Kier alpha value is -0.960. The van der Waals surface area contributed by atoms with Crippen LogP contribution in [0.4, 0.5) is 0 Å². The van der Waals surface area contributed by atoms with E-state index < -0.39 is 0 Å². The molecule has 0 unspecified atom stereocenters. The molecule has 0 aliphatic carbocycles. The second-order valence-electron chi connectivity index (χ2n) is 4.89. The third kappa shape index (κ3) is 3.25. The molecule has 2 heterocycles. The molecular formula is C14H23N3. The highest BCUT2D eigenvalue weighted by molar-refractivity contribution is 5.20. The number of aryl methyl sites for hydroxylation is 1. The molecule has 0 saturated heterocycles. The summed E-state index contributed by atoms with van der Waals surface area (Å²) in [5.74, 6) is 1.02. The van der Waals surface area contributed by atoms with Gasteiger partial charge in [0.1, 0.15) is 5.82 Å². The smallest absolute Gasteiger partial charge is 0.128 e. The monoisotopic (exact) mass is 233 g/mol. The van der Waals surface area contributed by atoms with E-state index in [0.29, 0.717) is 0 Å². The van der Waals surface area contributed by atoms with Gasteiger partial charge in [-0.05, 0) is 31.4 Å². The molecule has 3 nitrogen and oxygen atoms in total. The number of hydrogen-bond acceptors (Lipinski definition) is 3. The molecule has 1 aromatic heterocycles. The van der Waals surface area contributed by atoms with Gasteiger partial charge in [0.05, 0.1) is 5.69 Å². The van der Waals surface area contributed by atoms with E-state index in [9.17, 15) is 0 Å². The summed E-state index contributed by atoms with van der Waals surface area (Å²) >= 11 is 0. The maximum Gasteiger partial charge on any atom is 0.128 e. The van der Waals surface area contributed by atoms with Gasteiger partial charge in [-0.1, -0.05) is 20.3 Å². The zero-order valence-corrected chi connectivity index (χ0v) is 11.1. The molecule has 1 aliphatic heterocycles. The minimum absolute atomic E-state index is 1.00. The van der Waals surface area contributed by atoms with Gasteiger partial charge in [0.2, 0.25) is 0 Å². The largest absolute Gasteiger partial charge is 0.297 e. The summed E-state index contributed by atoms with van der Waals surface area (Å²) < 4.78 is 0. The molecule has 17 heavy (non-hydrogen) atoms. The second-order valence-corrected chi connectivity index (χ2v) is 4.89. The minimum Gasteiger partial charge on any atom is -0.297 e. The van der Waals surface area contributed by atoms with E-state index >= 15 is 0 Å². The van der Waals surface area contributed by atoms with Gasteiger partial charge in [-0.3, -0.25) is 4.90 Å². The van der Waals surface area contributed by atoms with Crippen LogP contribution >= 0.6 is 0 Å². The highest BCUT2D eigenvalue weighted by atomic mass is 15.1. The van der Waals surface area contributed by atoms with E-state index in [4.69, 9.17) is 4.98 Å². The number of rotatable bonds is 5. The molecule has 0 aromatic carbocycles. The van der Waals surface area contributed by atoms with Crippen molar-refractivity contribution in [1.82, 2.24) is 14.9 Å². The molecular weight excluding hydrogens is 210 g/mol. The highest BCUT2D eigenvalue weighted by Crippen LogP contribution is 2.17. The summed E-state index contributed by atoms with van der Waals surface area (Å²) in [5, 5.41) is 0. The SMILES string of the molecule is CCCCN1CCc2cnc(CCC)nc2C1. The van der Waals surface area contributed by atoms with Gasteiger partial charge in [-0.15, -0.1) is 0 Å². The van der Waals surface area contributed by atoms with E-state index in [2.05, 4.69) is 23.7 Å². The Morgan fingerprint density at radius 2 is 2.18 bits per heavy atom. The molecule has 0 spiro atoms. The Balaban J connectivity index is 2.04. The predicted octanol–water partition coefficient (Wildman–Crippen LogP) is 2.59. The number of fused-ring (bicyclic) bond motifs is 1. The Kier molecular flexibility index (Phi) is 4.49. The van der Waals surface area contributed by atoms with Gasteiger partial charge in [-0.25, -0.2) is 9.97 Å². The van der Waals surface area contributed by atoms with E-state index in [0.717, 1.165) is 31.6 Å². The molecule has 1 aromatic rings. The Bertz CT molecular complexity index is 362. The second kappa shape index (κ2) is 6.10. The Labute approximate surface area is 104 Å². The highest BCUT2D eigenvalue weighted by Gasteiger charge is 2.17. The molecule has 94 valence electrons. The van der Waals surface area contributed by atoms with Crippen molar-refractivity contribution >= 4 is 0 Å². The van der Waals surface area contributed by atoms with Crippen LogP contribution in [-0.2, 0) is 19.4 Å². The van der Waals surface area contributed by atoms with Crippen molar-refractivity contribution in [3.63, 3.8) is 0 Å². The van der Waals surface area contributed by atoms with Crippen LogP contribution < -0.4 is 0 Å². The predicted molar refractivity (Wildman–Crippen MR) is 69.9 cm³/mol. The van der Waals surface area contributed by atoms with Crippen LogP contribution in [0.1, 0.15) is 50.2 Å². The average Bonchev–Trinajstić information content (AvgIpc) is 2.36. The van der Waals surface area contributed by atoms with Crippen LogP contribution in [0.2, 0.25) is 0 Å². The summed E-state index contributed by atoms with van der Waals surface area (Å²) in [7, 11) is 0. The van der Waals surface area contributed by atoms with Crippen molar-refractivity contribution in [3.05, 3.63) is 23.3 Å². The first-order chi connectivity index (χ1) is 8.33. The average molecular weight is 233 g/mol. The summed E-state index contributed by atoms with van der Waals surface area (Å²) in [4.78, 5) is 11.7. The molecule has 1 aliphatic rings. The molecule has 0 bridgehead atoms. The fraction of sp³-hybridized carbons (Fsp3) is 0.714. The van der Waals surface area contributed by atoms with E-state index in [1.54, 1.807) is 0 Å².